The first-order chi connectivity index (χ1) is 7.20. The highest BCUT2D eigenvalue weighted by Crippen LogP contribution is 2.25. The minimum absolute atomic E-state index is 0.0102. The summed E-state index contributed by atoms with van der Waals surface area (Å²) in [6, 6.07) is -0.0102. The molecule has 1 aromatic rings. The summed E-state index contributed by atoms with van der Waals surface area (Å²) in [7, 11) is 3.54. The van der Waals surface area contributed by atoms with E-state index in [1.165, 1.54) is 6.42 Å². The molecule has 0 amide bonds. The predicted octanol–water partition coefficient (Wildman–Crippen LogP) is 1.57. The molecule has 2 N–H and O–H groups in total. The third-order valence-electron chi connectivity index (χ3n) is 2.17. The smallest absolute Gasteiger partial charge is 0.161 e. The number of thioether (sulfide) groups is 1. The average molecular weight is 229 g/mol. The monoisotopic (exact) mass is 229 g/mol. The highest BCUT2D eigenvalue weighted by molar-refractivity contribution is 7.99. The Hall–Kier alpha value is -0.680. The lowest BCUT2D eigenvalue weighted by molar-refractivity contribution is 0.405. The zero-order valence-electron chi connectivity index (χ0n) is 9.56. The van der Waals surface area contributed by atoms with Crippen LogP contribution in [0.5, 0.6) is 5.75 Å². The summed E-state index contributed by atoms with van der Waals surface area (Å²) in [6.45, 7) is 2.17. The van der Waals surface area contributed by atoms with Crippen LogP contribution in [0.25, 0.3) is 0 Å². The Kier molecular flexibility index (Phi) is 4.98. The fourth-order valence-corrected chi connectivity index (χ4v) is 2.31. The Balaban J connectivity index is 2.63. The molecule has 1 heterocycles. The van der Waals surface area contributed by atoms with Gasteiger partial charge in [-0.1, -0.05) is 6.92 Å². The van der Waals surface area contributed by atoms with Crippen LogP contribution in [0.4, 0.5) is 0 Å². The number of aryl methyl sites for hydroxylation is 1. The van der Waals surface area contributed by atoms with Crippen LogP contribution in [-0.2, 0) is 7.05 Å². The van der Waals surface area contributed by atoms with Crippen molar-refractivity contribution in [3.8, 4) is 5.75 Å². The molecule has 1 aromatic heterocycles. The molecule has 0 radical (unpaired) electrons. The normalized spacial score (nSPS) is 12.8. The Labute approximate surface area is 95.2 Å². The molecule has 1 rings (SSSR count). The summed E-state index contributed by atoms with van der Waals surface area (Å²) < 4.78 is 7.01. The van der Waals surface area contributed by atoms with Crippen molar-refractivity contribution in [3.63, 3.8) is 0 Å². The molecule has 0 fully saturated rings. The summed E-state index contributed by atoms with van der Waals surface area (Å²) in [6.07, 6.45) is 2.89. The van der Waals surface area contributed by atoms with Crippen LogP contribution in [0.15, 0.2) is 6.20 Å². The van der Waals surface area contributed by atoms with Crippen LogP contribution in [0, 0.1) is 0 Å². The van der Waals surface area contributed by atoms with Gasteiger partial charge in [-0.05, 0) is 12.2 Å². The van der Waals surface area contributed by atoms with E-state index in [1.807, 2.05) is 18.8 Å². The van der Waals surface area contributed by atoms with E-state index in [4.69, 9.17) is 10.5 Å². The number of rotatable bonds is 6. The zero-order valence-corrected chi connectivity index (χ0v) is 10.4. The summed E-state index contributed by atoms with van der Waals surface area (Å²) in [4.78, 5) is 0. The van der Waals surface area contributed by atoms with E-state index in [0.717, 1.165) is 22.9 Å². The van der Waals surface area contributed by atoms with Gasteiger partial charge < -0.3 is 10.5 Å². The molecule has 0 aromatic carbocycles. The van der Waals surface area contributed by atoms with E-state index in [0.29, 0.717) is 0 Å². The highest BCUT2D eigenvalue weighted by atomic mass is 32.2. The first kappa shape index (κ1) is 12.4. The van der Waals surface area contributed by atoms with Crippen molar-refractivity contribution in [2.75, 3.05) is 18.6 Å². The summed E-state index contributed by atoms with van der Waals surface area (Å²) in [5.41, 5.74) is 7.07. The topological polar surface area (TPSA) is 53.1 Å². The maximum absolute atomic E-state index is 6.10. The maximum atomic E-state index is 6.10. The second kappa shape index (κ2) is 6.02. The predicted molar refractivity (Wildman–Crippen MR) is 64.3 cm³/mol. The van der Waals surface area contributed by atoms with E-state index in [2.05, 4.69) is 12.0 Å². The van der Waals surface area contributed by atoms with Crippen molar-refractivity contribution in [1.82, 2.24) is 9.78 Å². The van der Waals surface area contributed by atoms with Gasteiger partial charge in [0.25, 0.3) is 0 Å². The molecule has 4 nitrogen and oxygen atoms in total. The van der Waals surface area contributed by atoms with Gasteiger partial charge in [0, 0.05) is 12.8 Å². The molecular weight excluding hydrogens is 210 g/mol. The van der Waals surface area contributed by atoms with Crippen molar-refractivity contribution in [2.24, 2.45) is 12.8 Å². The maximum Gasteiger partial charge on any atom is 0.161 e. The van der Waals surface area contributed by atoms with Crippen LogP contribution < -0.4 is 10.5 Å². The zero-order chi connectivity index (χ0) is 11.3. The molecule has 15 heavy (non-hydrogen) atoms. The van der Waals surface area contributed by atoms with Gasteiger partial charge in [-0.3, -0.25) is 4.68 Å². The number of ether oxygens (including phenoxy) is 1. The lowest BCUT2D eigenvalue weighted by Crippen LogP contribution is -2.18. The van der Waals surface area contributed by atoms with E-state index < -0.39 is 0 Å². The van der Waals surface area contributed by atoms with Crippen LogP contribution in [0.1, 0.15) is 25.1 Å². The molecule has 0 saturated carbocycles. The number of methoxy groups -OCH3 is 1. The number of nitrogens with two attached hydrogens (primary N) is 1. The van der Waals surface area contributed by atoms with Gasteiger partial charge in [0.05, 0.1) is 25.0 Å². The fourth-order valence-electron chi connectivity index (χ4n) is 1.44. The molecule has 1 atom stereocenters. The average Bonchev–Trinajstić information content (AvgIpc) is 2.59. The number of nitrogens with zero attached hydrogens (tertiary/aromatic N) is 2. The third-order valence-corrected chi connectivity index (χ3v) is 3.46. The minimum atomic E-state index is -0.0102. The third kappa shape index (κ3) is 3.14. The van der Waals surface area contributed by atoms with Gasteiger partial charge >= 0.3 is 0 Å². The van der Waals surface area contributed by atoms with E-state index >= 15 is 0 Å². The van der Waals surface area contributed by atoms with Gasteiger partial charge in [-0.2, -0.15) is 16.9 Å². The molecule has 5 heteroatoms. The number of hydrogen-bond acceptors (Lipinski definition) is 4. The van der Waals surface area contributed by atoms with E-state index in [-0.39, 0.29) is 6.04 Å². The van der Waals surface area contributed by atoms with Crippen LogP contribution in [-0.4, -0.2) is 28.4 Å². The van der Waals surface area contributed by atoms with Gasteiger partial charge in [0.15, 0.2) is 5.75 Å². The largest absolute Gasteiger partial charge is 0.493 e. The van der Waals surface area contributed by atoms with Crippen molar-refractivity contribution < 1.29 is 4.74 Å². The first-order valence-corrected chi connectivity index (χ1v) is 6.25. The van der Waals surface area contributed by atoms with Crippen molar-refractivity contribution >= 4 is 11.8 Å². The Bertz CT molecular complexity index is 301. The summed E-state index contributed by atoms with van der Waals surface area (Å²) >= 11 is 1.87. The Morgan fingerprint density at radius 3 is 3.00 bits per heavy atom. The second-order valence-electron chi connectivity index (χ2n) is 3.40. The molecule has 0 aliphatic heterocycles. The molecule has 0 saturated heterocycles. The first-order valence-electron chi connectivity index (χ1n) is 5.09. The van der Waals surface area contributed by atoms with Crippen LogP contribution in [0.2, 0.25) is 0 Å². The number of hydrogen-bond donors (Lipinski definition) is 1. The lowest BCUT2D eigenvalue weighted by Gasteiger charge is -2.13. The lowest BCUT2D eigenvalue weighted by atomic mass is 10.2. The minimum Gasteiger partial charge on any atom is -0.493 e. The van der Waals surface area contributed by atoms with Gasteiger partial charge in [-0.25, -0.2) is 0 Å². The van der Waals surface area contributed by atoms with Crippen LogP contribution >= 0.6 is 11.8 Å². The van der Waals surface area contributed by atoms with Gasteiger partial charge in [0.1, 0.15) is 0 Å². The standard InChI is InChI=1S/C10H19N3OS/c1-4-5-15-7-8(11)10-9(14-3)6-12-13(10)2/h6,8H,4-5,7,11H2,1-3H3. The Morgan fingerprint density at radius 2 is 2.40 bits per heavy atom. The van der Waals surface area contributed by atoms with Gasteiger partial charge in [-0.15, -0.1) is 0 Å². The number of aromatic nitrogens is 2. The van der Waals surface area contributed by atoms with Crippen molar-refractivity contribution in [3.05, 3.63) is 11.9 Å². The van der Waals surface area contributed by atoms with Crippen LogP contribution in [0.3, 0.4) is 0 Å². The molecule has 0 aliphatic carbocycles. The quantitative estimate of drug-likeness (QED) is 0.752. The van der Waals surface area contributed by atoms with E-state index in [9.17, 15) is 0 Å². The Morgan fingerprint density at radius 1 is 1.67 bits per heavy atom. The second-order valence-corrected chi connectivity index (χ2v) is 4.55. The summed E-state index contributed by atoms with van der Waals surface area (Å²) in [5, 5.41) is 4.14. The van der Waals surface area contributed by atoms with Crippen molar-refractivity contribution in [2.45, 2.75) is 19.4 Å². The fraction of sp³-hybridized carbons (Fsp3) is 0.700. The van der Waals surface area contributed by atoms with Crippen molar-refractivity contribution in [1.29, 1.82) is 0 Å². The summed E-state index contributed by atoms with van der Waals surface area (Å²) in [5.74, 6) is 2.83. The molecule has 86 valence electrons. The molecular formula is C10H19N3OS. The van der Waals surface area contributed by atoms with Gasteiger partial charge in [0.2, 0.25) is 0 Å². The SMILES string of the molecule is CCCSCC(N)c1c(OC)cnn1C. The molecule has 0 spiro atoms. The molecule has 0 aliphatic rings. The van der Waals surface area contributed by atoms with E-state index in [1.54, 1.807) is 18.0 Å². The highest BCUT2D eigenvalue weighted by Gasteiger charge is 2.16. The molecule has 1 unspecified atom stereocenters. The molecule has 0 bridgehead atoms.